The Morgan fingerprint density at radius 2 is 1.88 bits per heavy atom. The van der Waals surface area contributed by atoms with Crippen LogP contribution >= 0.6 is 0 Å². The zero-order valence-electron chi connectivity index (χ0n) is 10.1. The molecule has 1 aliphatic rings. The highest BCUT2D eigenvalue weighted by atomic mass is 14.9. The number of aryl methyl sites for hydroxylation is 1. The molecule has 0 aliphatic heterocycles. The molecule has 17 heavy (non-hydrogen) atoms. The van der Waals surface area contributed by atoms with Crippen LogP contribution in [0.2, 0.25) is 0 Å². The summed E-state index contributed by atoms with van der Waals surface area (Å²) in [6.07, 6.45) is 3.42. The molecule has 1 saturated carbocycles. The van der Waals surface area contributed by atoms with Gasteiger partial charge in [0.15, 0.2) is 0 Å². The number of rotatable bonds is 3. The highest BCUT2D eigenvalue weighted by Gasteiger charge is 2.25. The van der Waals surface area contributed by atoms with Crippen molar-refractivity contribution in [3.05, 3.63) is 59.2 Å². The summed E-state index contributed by atoms with van der Waals surface area (Å²) in [5.41, 5.74) is 3.61. The predicted octanol–water partition coefficient (Wildman–Crippen LogP) is 3.25. The third kappa shape index (κ3) is 2.52. The maximum absolute atomic E-state index is 4.68. The molecule has 1 heterocycles. The lowest BCUT2D eigenvalue weighted by Gasteiger charge is -2.05. The quantitative estimate of drug-likeness (QED) is 0.799. The van der Waals surface area contributed by atoms with Crippen LogP contribution in [0.4, 0.5) is 0 Å². The zero-order valence-corrected chi connectivity index (χ0v) is 10.1. The molecule has 1 aromatic heterocycles. The van der Waals surface area contributed by atoms with Gasteiger partial charge in [-0.2, -0.15) is 0 Å². The van der Waals surface area contributed by atoms with Gasteiger partial charge in [-0.25, -0.2) is 9.97 Å². The summed E-state index contributed by atoms with van der Waals surface area (Å²) in [5.74, 6) is 1.66. The van der Waals surface area contributed by atoms with E-state index in [1.54, 1.807) is 0 Å². The smallest absolute Gasteiger partial charge is 0.133 e. The van der Waals surface area contributed by atoms with Gasteiger partial charge < -0.3 is 0 Å². The second-order valence-corrected chi connectivity index (χ2v) is 4.79. The van der Waals surface area contributed by atoms with E-state index in [9.17, 15) is 0 Å². The first kappa shape index (κ1) is 10.5. The molecule has 0 bridgehead atoms. The summed E-state index contributed by atoms with van der Waals surface area (Å²) in [5, 5.41) is 0. The highest BCUT2D eigenvalue weighted by Crippen LogP contribution is 2.39. The van der Waals surface area contributed by atoms with Gasteiger partial charge in [0.2, 0.25) is 0 Å². The van der Waals surface area contributed by atoms with Crippen molar-refractivity contribution in [2.24, 2.45) is 0 Å². The van der Waals surface area contributed by atoms with Crippen LogP contribution in [0.1, 0.15) is 41.5 Å². The molecular weight excluding hydrogens is 208 g/mol. The van der Waals surface area contributed by atoms with Crippen molar-refractivity contribution < 1.29 is 0 Å². The highest BCUT2D eigenvalue weighted by molar-refractivity contribution is 5.23. The molecule has 2 aromatic rings. The fraction of sp³-hybridized carbons (Fsp3) is 0.333. The molecule has 0 saturated heterocycles. The summed E-state index contributed by atoms with van der Waals surface area (Å²) in [4.78, 5) is 9.21. The van der Waals surface area contributed by atoms with Crippen LogP contribution in [0.15, 0.2) is 36.4 Å². The molecule has 0 unspecified atom stereocenters. The molecule has 2 heteroatoms. The van der Waals surface area contributed by atoms with E-state index in [4.69, 9.17) is 0 Å². The number of nitrogens with zero attached hydrogens (tertiary/aromatic N) is 2. The molecule has 1 fully saturated rings. The monoisotopic (exact) mass is 224 g/mol. The van der Waals surface area contributed by atoms with Crippen molar-refractivity contribution >= 4 is 0 Å². The summed E-state index contributed by atoms with van der Waals surface area (Å²) in [6.45, 7) is 2.06. The van der Waals surface area contributed by atoms with Gasteiger partial charge in [-0.05, 0) is 31.4 Å². The Labute approximate surface area is 102 Å². The lowest BCUT2D eigenvalue weighted by Crippen LogP contribution is -2.01. The molecular formula is C15H16N2. The maximum Gasteiger partial charge on any atom is 0.133 e. The van der Waals surface area contributed by atoms with Crippen LogP contribution in [-0.2, 0) is 6.42 Å². The summed E-state index contributed by atoms with van der Waals surface area (Å²) in [7, 11) is 0. The molecule has 86 valence electrons. The molecule has 3 rings (SSSR count). The van der Waals surface area contributed by atoms with Crippen LogP contribution in [-0.4, -0.2) is 9.97 Å². The fourth-order valence-corrected chi connectivity index (χ4v) is 2.10. The first-order valence-corrected chi connectivity index (χ1v) is 6.19. The van der Waals surface area contributed by atoms with Crippen molar-refractivity contribution in [1.29, 1.82) is 0 Å². The standard InChI is InChI=1S/C15H16N2/c1-11-9-14(13-7-8-13)17-15(16-11)10-12-5-3-2-4-6-12/h2-6,9,13H,7-8,10H2,1H3. The number of aromatic nitrogens is 2. The van der Waals surface area contributed by atoms with Crippen LogP contribution in [0, 0.1) is 6.92 Å². The molecule has 2 nitrogen and oxygen atoms in total. The zero-order chi connectivity index (χ0) is 11.7. The van der Waals surface area contributed by atoms with Gasteiger partial charge in [-0.15, -0.1) is 0 Å². The van der Waals surface area contributed by atoms with Gasteiger partial charge in [0.05, 0.1) is 0 Å². The summed E-state index contributed by atoms with van der Waals surface area (Å²) in [6, 6.07) is 12.5. The second kappa shape index (κ2) is 4.28. The fourth-order valence-electron chi connectivity index (χ4n) is 2.10. The van der Waals surface area contributed by atoms with Gasteiger partial charge in [-0.1, -0.05) is 30.3 Å². The Bertz CT molecular complexity index is 516. The Morgan fingerprint density at radius 1 is 1.12 bits per heavy atom. The van der Waals surface area contributed by atoms with E-state index in [2.05, 4.69) is 47.2 Å². The number of hydrogen-bond donors (Lipinski definition) is 0. The van der Waals surface area contributed by atoms with E-state index in [1.165, 1.54) is 24.1 Å². The lowest BCUT2D eigenvalue weighted by molar-refractivity contribution is 0.880. The van der Waals surface area contributed by atoms with E-state index < -0.39 is 0 Å². The van der Waals surface area contributed by atoms with Gasteiger partial charge in [-0.3, -0.25) is 0 Å². The Hall–Kier alpha value is -1.70. The van der Waals surface area contributed by atoms with E-state index in [1.807, 2.05) is 6.07 Å². The van der Waals surface area contributed by atoms with Gasteiger partial charge in [0.25, 0.3) is 0 Å². The first-order chi connectivity index (χ1) is 8.31. The molecule has 0 N–H and O–H groups in total. The average Bonchev–Trinajstić information content (AvgIpc) is 3.13. The van der Waals surface area contributed by atoms with E-state index in [-0.39, 0.29) is 0 Å². The second-order valence-electron chi connectivity index (χ2n) is 4.79. The van der Waals surface area contributed by atoms with Crippen molar-refractivity contribution in [2.75, 3.05) is 0 Å². The van der Waals surface area contributed by atoms with Crippen LogP contribution in [0.25, 0.3) is 0 Å². The van der Waals surface area contributed by atoms with Crippen LogP contribution < -0.4 is 0 Å². The molecule has 1 aromatic carbocycles. The molecule has 0 radical (unpaired) electrons. The molecule has 0 amide bonds. The van der Waals surface area contributed by atoms with Crippen LogP contribution in [0.5, 0.6) is 0 Å². The average molecular weight is 224 g/mol. The lowest BCUT2D eigenvalue weighted by atomic mass is 10.1. The normalized spacial score (nSPS) is 14.9. The van der Waals surface area contributed by atoms with Crippen molar-refractivity contribution in [3.63, 3.8) is 0 Å². The molecule has 1 aliphatic carbocycles. The van der Waals surface area contributed by atoms with Crippen molar-refractivity contribution in [3.8, 4) is 0 Å². The maximum atomic E-state index is 4.68. The topological polar surface area (TPSA) is 25.8 Å². The molecule has 0 spiro atoms. The first-order valence-electron chi connectivity index (χ1n) is 6.19. The predicted molar refractivity (Wildman–Crippen MR) is 68.0 cm³/mol. The largest absolute Gasteiger partial charge is 0.238 e. The number of benzene rings is 1. The van der Waals surface area contributed by atoms with Gasteiger partial charge in [0.1, 0.15) is 5.82 Å². The number of hydrogen-bond acceptors (Lipinski definition) is 2. The minimum Gasteiger partial charge on any atom is -0.238 e. The van der Waals surface area contributed by atoms with E-state index in [0.717, 1.165) is 17.9 Å². The Kier molecular flexibility index (Phi) is 2.63. The Morgan fingerprint density at radius 3 is 2.59 bits per heavy atom. The summed E-state index contributed by atoms with van der Waals surface area (Å²) >= 11 is 0. The summed E-state index contributed by atoms with van der Waals surface area (Å²) < 4.78 is 0. The minimum atomic E-state index is 0.700. The minimum absolute atomic E-state index is 0.700. The van der Waals surface area contributed by atoms with E-state index >= 15 is 0 Å². The van der Waals surface area contributed by atoms with Crippen molar-refractivity contribution in [2.45, 2.75) is 32.1 Å². The Balaban J connectivity index is 1.87. The third-order valence-electron chi connectivity index (χ3n) is 3.12. The van der Waals surface area contributed by atoms with E-state index in [0.29, 0.717) is 5.92 Å². The van der Waals surface area contributed by atoms with Crippen LogP contribution in [0.3, 0.4) is 0 Å². The third-order valence-corrected chi connectivity index (χ3v) is 3.12. The SMILES string of the molecule is Cc1cc(C2CC2)nc(Cc2ccccc2)n1. The van der Waals surface area contributed by atoms with Crippen molar-refractivity contribution in [1.82, 2.24) is 9.97 Å². The van der Waals surface area contributed by atoms with Gasteiger partial charge in [0, 0.05) is 23.7 Å². The molecule has 0 atom stereocenters. The van der Waals surface area contributed by atoms with Gasteiger partial charge >= 0.3 is 0 Å².